The number of rotatable bonds is 3. The first-order chi connectivity index (χ1) is 8.10. The van der Waals surface area contributed by atoms with Gasteiger partial charge < -0.3 is 10.1 Å². The van der Waals surface area contributed by atoms with Crippen LogP contribution in [-0.2, 0) is 11.3 Å². The van der Waals surface area contributed by atoms with Crippen LogP contribution in [0.15, 0.2) is 11.4 Å². The molecule has 1 aromatic heterocycles. The number of aryl methyl sites for hydroxylation is 1. The molecule has 1 aromatic rings. The Labute approximate surface area is 107 Å². The Bertz CT molecular complexity index is 412. The molecular formula is C14H21NOS. The Morgan fingerprint density at radius 3 is 3.06 bits per heavy atom. The minimum absolute atomic E-state index is 0.298. The van der Waals surface area contributed by atoms with Gasteiger partial charge in [0.1, 0.15) is 0 Å². The van der Waals surface area contributed by atoms with E-state index in [-0.39, 0.29) is 0 Å². The van der Waals surface area contributed by atoms with Crippen LogP contribution in [0.25, 0.3) is 0 Å². The molecule has 1 aliphatic heterocycles. The quantitative estimate of drug-likeness (QED) is 0.892. The van der Waals surface area contributed by atoms with Gasteiger partial charge in [-0.3, -0.25) is 0 Å². The van der Waals surface area contributed by atoms with Crippen molar-refractivity contribution in [1.82, 2.24) is 5.32 Å². The second kappa shape index (κ2) is 4.08. The molecular weight excluding hydrogens is 230 g/mol. The van der Waals surface area contributed by atoms with E-state index in [1.807, 2.05) is 11.3 Å². The van der Waals surface area contributed by atoms with Crippen LogP contribution in [0.2, 0.25) is 0 Å². The van der Waals surface area contributed by atoms with Gasteiger partial charge in [-0.05, 0) is 30.4 Å². The fraction of sp³-hybridized carbons (Fsp3) is 0.714. The molecule has 0 radical (unpaired) electrons. The topological polar surface area (TPSA) is 21.3 Å². The summed E-state index contributed by atoms with van der Waals surface area (Å²) >= 11 is 1.86. The molecule has 0 aromatic carbocycles. The Morgan fingerprint density at radius 1 is 1.53 bits per heavy atom. The van der Waals surface area contributed by atoms with Crippen LogP contribution >= 0.6 is 11.3 Å². The molecule has 1 saturated heterocycles. The zero-order valence-corrected chi connectivity index (χ0v) is 11.6. The molecule has 2 aliphatic rings. The molecule has 17 heavy (non-hydrogen) atoms. The van der Waals surface area contributed by atoms with Gasteiger partial charge in [-0.1, -0.05) is 13.8 Å². The van der Waals surface area contributed by atoms with Crippen LogP contribution in [0.5, 0.6) is 0 Å². The molecule has 2 nitrogen and oxygen atoms in total. The number of hydrogen-bond donors (Lipinski definition) is 1. The standard InChI is InChI=1S/C14H21NOS/c1-9-5-7-17-11(9)8-15-12-10-4-6-16-13(10)14(12,2)3/h5,7,10,12-13,15H,4,6,8H2,1-3H3. The number of thiophene rings is 1. The summed E-state index contributed by atoms with van der Waals surface area (Å²) in [5.74, 6) is 0.741. The van der Waals surface area contributed by atoms with Gasteiger partial charge in [-0.2, -0.15) is 0 Å². The van der Waals surface area contributed by atoms with Gasteiger partial charge in [0.05, 0.1) is 6.10 Å². The summed E-state index contributed by atoms with van der Waals surface area (Å²) in [7, 11) is 0. The number of nitrogens with one attached hydrogen (secondary N) is 1. The van der Waals surface area contributed by atoms with E-state index in [1.54, 1.807) is 0 Å². The third kappa shape index (κ3) is 1.76. The third-order valence-corrected chi connectivity index (χ3v) is 5.57. The molecule has 1 saturated carbocycles. The SMILES string of the molecule is Cc1ccsc1CNC1C2CCOC2C1(C)C. The highest BCUT2D eigenvalue weighted by Gasteiger charge is 2.58. The van der Waals surface area contributed by atoms with Crippen LogP contribution in [0.4, 0.5) is 0 Å². The minimum Gasteiger partial charge on any atom is -0.377 e. The van der Waals surface area contributed by atoms with Gasteiger partial charge in [0, 0.05) is 35.4 Å². The predicted octanol–water partition coefficient (Wildman–Crippen LogP) is 2.96. The van der Waals surface area contributed by atoms with Crippen molar-refractivity contribution in [2.45, 2.75) is 45.9 Å². The van der Waals surface area contributed by atoms with E-state index in [0.29, 0.717) is 17.6 Å². The Hall–Kier alpha value is -0.380. The van der Waals surface area contributed by atoms with Crippen LogP contribution in [0.3, 0.4) is 0 Å². The predicted molar refractivity (Wildman–Crippen MR) is 71.3 cm³/mol. The van der Waals surface area contributed by atoms with Crippen LogP contribution in [0.1, 0.15) is 30.7 Å². The molecule has 3 rings (SSSR count). The van der Waals surface area contributed by atoms with Gasteiger partial charge in [-0.25, -0.2) is 0 Å². The number of ether oxygens (including phenoxy) is 1. The smallest absolute Gasteiger partial charge is 0.0685 e. The maximum atomic E-state index is 5.82. The van der Waals surface area contributed by atoms with Crippen molar-refractivity contribution in [2.24, 2.45) is 11.3 Å². The molecule has 3 heteroatoms. The minimum atomic E-state index is 0.298. The molecule has 1 N–H and O–H groups in total. The highest BCUT2D eigenvalue weighted by molar-refractivity contribution is 7.10. The summed E-state index contributed by atoms with van der Waals surface area (Å²) in [5.41, 5.74) is 1.71. The molecule has 3 atom stereocenters. The number of fused-ring (bicyclic) bond motifs is 1. The molecule has 94 valence electrons. The van der Waals surface area contributed by atoms with Crippen molar-refractivity contribution < 1.29 is 4.74 Å². The molecule has 2 fully saturated rings. The summed E-state index contributed by atoms with van der Waals surface area (Å²) in [4.78, 5) is 1.48. The van der Waals surface area contributed by atoms with Crippen LogP contribution in [0, 0.1) is 18.3 Å². The van der Waals surface area contributed by atoms with E-state index >= 15 is 0 Å². The van der Waals surface area contributed by atoms with E-state index in [4.69, 9.17) is 4.74 Å². The van der Waals surface area contributed by atoms with Crippen LogP contribution in [-0.4, -0.2) is 18.8 Å². The average Bonchev–Trinajstić information content (AvgIpc) is 2.87. The van der Waals surface area contributed by atoms with Gasteiger partial charge in [0.2, 0.25) is 0 Å². The molecule has 3 unspecified atom stereocenters. The molecule has 0 amide bonds. The zero-order chi connectivity index (χ0) is 12.0. The van der Waals surface area contributed by atoms with Crippen molar-refractivity contribution in [3.8, 4) is 0 Å². The Balaban J connectivity index is 1.64. The van der Waals surface area contributed by atoms with Crippen molar-refractivity contribution in [2.75, 3.05) is 6.61 Å². The third-order valence-electron chi connectivity index (χ3n) is 4.55. The Morgan fingerprint density at radius 2 is 2.35 bits per heavy atom. The van der Waals surface area contributed by atoms with Crippen molar-refractivity contribution in [3.63, 3.8) is 0 Å². The lowest BCUT2D eigenvalue weighted by atomic mass is 9.57. The van der Waals surface area contributed by atoms with E-state index in [2.05, 4.69) is 37.5 Å². The van der Waals surface area contributed by atoms with E-state index < -0.39 is 0 Å². The Kier molecular flexibility index (Phi) is 2.80. The first-order valence-electron chi connectivity index (χ1n) is 6.48. The average molecular weight is 251 g/mol. The van der Waals surface area contributed by atoms with E-state index in [0.717, 1.165) is 19.1 Å². The molecule has 1 aliphatic carbocycles. The summed E-state index contributed by atoms with van der Waals surface area (Å²) in [6.07, 6.45) is 1.72. The van der Waals surface area contributed by atoms with Gasteiger partial charge in [-0.15, -0.1) is 11.3 Å². The zero-order valence-electron chi connectivity index (χ0n) is 10.8. The van der Waals surface area contributed by atoms with Gasteiger partial charge in [0.25, 0.3) is 0 Å². The summed E-state index contributed by atoms with van der Waals surface area (Å²) in [6.45, 7) is 8.83. The summed E-state index contributed by atoms with van der Waals surface area (Å²) < 4.78 is 5.82. The van der Waals surface area contributed by atoms with Gasteiger partial charge in [0.15, 0.2) is 0 Å². The number of hydrogen-bond acceptors (Lipinski definition) is 3. The van der Waals surface area contributed by atoms with E-state index in [9.17, 15) is 0 Å². The maximum Gasteiger partial charge on any atom is 0.0685 e. The summed E-state index contributed by atoms with van der Waals surface area (Å²) in [5, 5.41) is 5.93. The molecule has 2 heterocycles. The maximum absolute atomic E-state index is 5.82. The normalized spacial score (nSPS) is 34.4. The highest BCUT2D eigenvalue weighted by Crippen LogP contribution is 2.52. The van der Waals surface area contributed by atoms with Crippen molar-refractivity contribution >= 4 is 11.3 Å². The second-order valence-corrected chi connectivity index (χ2v) is 6.95. The first kappa shape index (κ1) is 11.7. The van der Waals surface area contributed by atoms with Gasteiger partial charge >= 0.3 is 0 Å². The lowest BCUT2D eigenvalue weighted by Crippen LogP contribution is -2.65. The van der Waals surface area contributed by atoms with Crippen molar-refractivity contribution in [1.29, 1.82) is 0 Å². The lowest BCUT2D eigenvalue weighted by molar-refractivity contribution is -0.112. The first-order valence-corrected chi connectivity index (χ1v) is 7.36. The van der Waals surface area contributed by atoms with Crippen molar-refractivity contribution in [3.05, 3.63) is 21.9 Å². The lowest BCUT2D eigenvalue weighted by Gasteiger charge is -2.55. The fourth-order valence-corrected chi connectivity index (χ4v) is 4.38. The fourth-order valence-electron chi connectivity index (χ4n) is 3.53. The van der Waals surface area contributed by atoms with Crippen LogP contribution < -0.4 is 5.32 Å². The van der Waals surface area contributed by atoms with E-state index in [1.165, 1.54) is 16.9 Å². The molecule has 0 bridgehead atoms. The summed E-state index contributed by atoms with van der Waals surface area (Å²) in [6, 6.07) is 2.83. The molecule has 0 spiro atoms. The second-order valence-electron chi connectivity index (χ2n) is 5.95. The highest BCUT2D eigenvalue weighted by atomic mass is 32.1. The largest absolute Gasteiger partial charge is 0.377 e. The monoisotopic (exact) mass is 251 g/mol.